The molecule has 1 aliphatic carbocycles. The molecule has 2 rings (SSSR count). The number of aromatic nitrogens is 1. The molecule has 0 bridgehead atoms. The van der Waals surface area contributed by atoms with Gasteiger partial charge >= 0.3 is 0 Å². The number of ether oxygens (including phenoxy) is 1. The molecule has 1 heterocycles. The van der Waals surface area contributed by atoms with Crippen LogP contribution < -0.4 is 0 Å². The number of alkyl halides is 1. The van der Waals surface area contributed by atoms with E-state index in [1.165, 1.54) is 6.08 Å². The van der Waals surface area contributed by atoms with Gasteiger partial charge in [-0.3, -0.25) is 4.98 Å². The average Bonchev–Trinajstić information content (AvgIpc) is 2.17. The Morgan fingerprint density at radius 1 is 1.64 bits per heavy atom. The smallest absolute Gasteiger partial charge is 0.156 e. The van der Waals surface area contributed by atoms with Crippen LogP contribution in [0.15, 0.2) is 24.2 Å². The Morgan fingerprint density at radius 2 is 2.43 bits per heavy atom. The molecular formula is C10H9BrFNO. The SMILES string of the molecule is COC1(Br)CC(F)=Cc2ncccc21. The van der Waals surface area contributed by atoms with Gasteiger partial charge in [0, 0.05) is 25.3 Å². The van der Waals surface area contributed by atoms with E-state index in [1.54, 1.807) is 13.3 Å². The fraction of sp³-hybridized carbons (Fsp3) is 0.300. The van der Waals surface area contributed by atoms with Crippen molar-refractivity contribution in [1.82, 2.24) is 4.98 Å². The molecule has 0 aliphatic heterocycles. The van der Waals surface area contributed by atoms with Crippen molar-refractivity contribution in [2.24, 2.45) is 0 Å². The third-order valence-corrected chi connectivity index (χ3v) is 3.29. The van der Waals surface area contributed by atoms with Gasteiger partial charge in [0.15, 0.2) is 4.51 Å². The van der Waals surface area contributed by atoms with E-state index in [0.717, 1.165) is 5.56 Å². The summed E-state index contributed by atoms with van der Waals surface area (Å²) in [6.45, 7) is 0. The first-order valence-electron chi connectivity index (χ1n) is 4.21. The summed E-state index contributed by atoms with van der Waals surface area (Å²) in [6, 6.07) is 3.69. The molecule has 0 amide bonds. The minimum Gasteiger partial charge on any atom is -0.362 e. The van der Waals surface area contributed by atoms with Crippen molar-refractivity contribution in [3.63, 3.8) is 0 Å². The highest BCUT2D eigenvalue weighted by molar-refractivity contribution is 9.09. The van der Waals surface area contributed by atoms with Crippen LogP contribution in [0.2, 0.25) is 0 Å². The quantitative estimate of drug-likeness (QED) is 0.722. The van der Waals surface area contributed by atoms with Gasteiger partial charge in [0.1, 0.15) is 5.83 Å². The van der Waals surface area contributed by atoms with E-state index in [2.05, 4.69) is 20.9 Å². The van der Waals surface area contributed by atoms with Crippen molar-refractivity contribution in [3.8, 4) is 0 Å². The summed E-state index contributed by atoms with van der Waals surface area (Å²) >= 11 is 3.39. The Labute approximate surface area is 89.9 Å². The predicted molar refractivity (Wildman–Crippen MR) is 55.6 cm³/mol. The number of methoxy groups -OCH3 is 1. The summed E-state index contributed by atoms with van der Waals surface area (Å²) in [6.07, 6.45) is 3.27. The van der Waals surface area contributed by atoms with Crippen LogP contribution in [0, 0.1) is 0 Å². The predicted octanol–water partition coefficient (Wildman–Crippen LogP) is 2.99. The van der Waals surface area contributed by atoms with Gasteiger partial charge in [-0.25, -0.2) is 4.39 Å². The van der Waals surface area contributed by atoms with E-state index in [-0.39, 0.29) is 12.2 Å². The Balaban J connectivity index is 2.59. The van der Waals surface area contributed by atoms with Crippen LogP contribution in [-0.4, -0.2) is 12.1 Å². The molecule has 1 aliphatic rings. The lowest BCUT2D eigenvalue weighted by Crippen LogP contribution is -2.24. The topological polar surface area (TPSA) is 22.1 Å². The molecule has 74 valence electrons. The van der Waals surface area contributed by atoms with Crippen LogP contribution in [0.25, 0.3) is 6.08 Å². The first-order valence-corrected chi connectivity index (χ1v) is 5.00. The number of hydrogen-bond acceptors (Lipinski definition) is 2. The minimum absolute atomic E-state index is 0.197. The molecule has 0 radical (unpaired) electrons. The van der Waals surface area contributed by atoms with E-state index in [9.17, 15) is 4.39 Å². The van der Waals surface area contributed by atoms with Crippen molar-refractivity contribution in [1.29, 1.82) is 0 Å². The summed E-state index contributed by atoms with van der Waals surface area (Å²) in [7, 11) is 1.55. The number of nitrogens with zero attached hydrogens (tertiary/aromatic N) is 1. The molecule has 1 aromatic rings. The van der Waals surface area contributed by atoms with Gasteiger partial charge in [-0.2, -0.15) is 0 Å². The summed E-state index contributed by atoms with van der Waals surface area (Å²) in [5, 5.41) is 0. The van der Waals surface area contributed by atoms with Gasteiger partial charge in [0.05, 0.1) is 5.69 Å². The number of rotatable bonds is 1. The standard InChI is InChI=1S/C10H9BrFNO/c1-14-10(11)6-7(12)5-9-8(10)3-2-4-13-9/h2-5H,6H2,1H3. The van der Waals surface area contributed by atoms with Crippen LogP contribution >= 0.6 is 15.9 Å². The van der Waals surface area contributed by atoms with Crippen molar-refractivity contribution >= 4 is 22.0 Å². The molecule has 1 atom stereocenters. The first kappa shape index (κ1) is 9.80. The van der Waals surface area contributed by atoms with Gasteiger partial charge in [0.25, 0.3) is 0 Å². The Morgan fingerprint density at radius 3 is 3.14 bits per heavy atom. The molecule has 4 heteroatoms. The number of hydrogen-bond donors (Lipinski definition) is 0. The normalized spacial score (nSPS) is 25.5. The number of pyridine rings is 1. The van der Waals surface area contributed by atoms with E-state index in [1.807, 2.05) is 12.1 Å². The highest BCUT2D eigenvalue weighted by Gasteiger charge is 2.35. The van der Waals surface area contributed by atoms with E-state index in [0.29, 0.717) is 5.69 Å². The molecule has 0 spiro atoms. The summed E-state index contributed by atoms with van der Waals surface area (Å²) < 4.78 is 17.8. The highest BCUT2D eigenvalue weighted by Crippen LogP contribution is 2.43. The fourth-order valence-electron chi connectivity index (χ4n) is 1.54. The molecule has 0 N–H and O–H groups in total. The number of halogens is 2. The van der Waals surface area contributed by atoms with Crippen LogP contribution in [0.3, 0.4) is 0 Å². The zero-order valence-electron chi connectivity index (χ0n) is 7.63. The zero-order chi connectivity index (χ0) is 10.2. The van der Waals surface area contributed by atoms with Gasteiger partial charge in [0.2, 0.25) is 0 Å². The van der Waals surface area contributed by atoms with Crippen LogP contribution in [0.5, 0.6) is 0 Å². The molecule has 0 fully saturated rings. The maximum Gasteiger partial charge on any atom is 0.156 e. The van der Waals surface area contributed by atoms with Gasteiger partial charge in [-0.15, -0.1) is 0 Å². The molecule has 0 saturated heterocycles. The molecule has 1 unspecified atom stereocenters. The van der Waals surface area contributed by atoms with Crippen molar-refractivity contribution < 1.29 is 9.13 Å². The van der Waals surface area contributed by atoms with Crippen LogP contribution in [0.1, 0.15) is 17.7 Å². The second-order valence-electron chi connectivity index (χ2n) is 3.14. The lowest BCUT2D eigenvalue weighted by Gasteiger charge is -2.29. The average molecular weight is 258 g/mol. The third-order valence-electron chi connectivity index (χ3n) is 2.25. The third kappa shape index (κ3) is 1.48. The molecule has 14 heavy (non-hydrogen) atoms. The van der Waals surface area contributed by atoms with Gasteiger partial charge in [-0.1, -0.05) is 6.07 Å². The fourth-order valence-corrected chi connectivity index (χ4v) is 2.15. The maximum atomic E-state index is 13.3. The molecule has 0 aromatic carbocycles. The molecule has 2 nitrogen and oxygen atoms in total. The second-order valence-corrected chi connectivity index (χ2v) is 4.42. The summed E-state index contributed by atoms with van der Waals surface area (Å²) in [5.41, 5.74) is 1.49. The van der Waals surface area contributed by atoms with Crippen LogP contribution in [-0.2, 0) is 9.25 Å². The van der Waals surface area contributed by atoms with Crippen LogP contribution in [0.4, 0.5) is 4.39 Å². The zero-order valence-corrected chi connectivity index (χ0v) is 9.21. The van der Waals surface area contributed by atoms with Gasteiger partial charge < -0.3 is 4.74 Å². The lowest BCUT2D eigenvalue weighted by atomic mass is 9.98. The van der Waals surface area contributed by atoms with Crippen molar-refractivity contribution in [3.05, 3.63) is 35.4 Å². The van der Waals surface area contributed by atoms with Gasteiger partial charge in [-0.05, 0) is 28.1 Å². The Hall–Kier alpha value is -0.740. The van der Waals surface area contributed by atoms with E-state index >= 15 is 0 Å². The lowest BCUT2D eigenvalue weighted by molar-refractivity contribution is 0.0699. The number of fused-ring (bicyclic) bond motifs is 1. The van der Waals surface area contributed by atoms with E-state index in [4.69, 9.17) is 4.74 Å². The Kier molecular flexibility index (Phi) is 2.41. The maximum absolute atomic E-state index is 13.3. The molecule has 0 saturated carbocycles. The monoisotopic (exact) mass is 257 g/mol. The van der Waals surface area contributed by atoms with Crippen molar-refractivity contribution in [2.45, 2.75) is 10.9 Å². The minimum atomic E-state index is -0.768. The molecule has 1 aromatic heterocycles. The Bertz CT molecular complexity index is 393. The summed E-state index contributed by atoms with van der Waals surface area (Å²) in [5.74, 6) is -0.227. The first-order chi connectivity index (χ1) is 6.65. The summed E-state index contributed by atoms with van der Waals surface area (Å²) in [4.78, 5) is 4.09. The molecular weight excluding hydrogens is 249 g/mol. The second kappa shape index (κ2) is 3.44. The van der Waals surface area contributed by atoms with E-state index < -0.39 is 4.51 Å². The van der Waals surface area contributed by atoms with Crippen molar-refractivity contribution in [2.75, 3.05) is 7.11 Å². The largest absolute Gasteiger partial charge is 0.362 e. The highest BCUT2D eigenvalue weighted by atomic mass is 79.9.